The molecule has 0 saturated heterocycles. The Balaban J connectivity index is 1.89. The van der Waals surface area contributed by atoms with Crippen molar-refractivity contribution in [1.29, 1.82) is 0 Å². The Bertz CT molecular complexity index is 1080. The molecule has 0 spiro atoms. The molecule has 0 atom stereocenters. The van der Waals surface area contributed by atoms with Crippen LogP contribution in [0.1, 0.15) is 0 Å². The van der Waals surface area contributed by atoms with Crippen molar-refractivity contribution in [2.75, 3.05) is 18.4 Å². The molecule has 0 heterocycles. The number of carbonyl (C=O) groups excluding carboxylic acids is 1. The lowest BCUT2D eigenvalue weighted by Gasteiger charge is -2.13. The van der Waals surface area contributed by atoms with E-state index in [2.05, 4.69) is 4.72 Å². The molecule has 0 aromatic heterocycles. The van der Waals surface area contributed by atoms with E-state index in [1.807, 2.05) is 0 Å². The van der Waals surface area contributed by atoms with Crippen LogP contribution in [-0.4, -0.2) is 28.1 Å². The zero-order chi connectivity index (χ0) is 19.4. The predicted octanol–water partition coefficient (Wildman–Crippen LogP) is 1.78. The number of ether oxygens (including phenoxy) is 2. The second-order valence-corrected chi connectivity index (χ2v) is 7.25. The third-order valence-corrected chi connectivity index (χ3v) is 5.26. The Hall–Kier alpha value is -3.26. The first kappa shape index (κ1) is 18.5. The lowest BCUT2D eigenvalue weighted by atomic mass is 10.1. The van der Waals surface area contributed by atoms with Gasteiger partial charge in [-0.25, -0.2) is 8.42 Å². The minimum atomic E-state index is -3.85. The fourth-order valence-electron chi connectivity index (χ4n) is 2.63. The van der Waals surface area contributed by atoms with Crippen LogP contribution in [0.2, 0.25) is 0 Å². The third kappa shape index (κ3) is 4.12. The summed E-state index contributed by atoms with van der Waals surface area (Å²) in [7, 11) is -2.33. The van der Waals surface area contributed by atoms with Crippen LogP contribution >= 0.6 is 0 Å². The van der Waals surface area contributed by atoms with Gasteiger partial charge in [0.05, 0.1) is 18.0 Å². The molecule has 0 bridgehead atoms. The summed E-state index contributed by atoms with van der Waals surface area (Å²) in [6.07, 6.45) is 0. The Labute approximate surface area is 156 Å². The minimum absolute atomic E-state index is 0.121. The van der Waals surface area contributed by atoms with Crippen LogP contribution in [0.3, 0.4) is 0 Å². The molecule has 1 N–H and O–H groups in total. The fourth-order valence-corrected chi connectivity index (χ4v) is 3.90. The first-order valence-electron chi connectivity index (χ1n) is 7.92. The van der Waals surface area contributed by atoms with E-state index < -0.39 is 22.6 Å². The number of carboxylic acid groups (broad SMARTS) is 1. The Kier molecular flexibility index (Phi) is 5.18. The van der Waals surface area contributed by atoms with E-state index in [4.69, 9.17) is 9.47 Å². The zero-order valence-electron chi connectivity index (χ0n) is 14.3. The number of anilines is 1. The van der Waals surface area contributed by atoms with E-state index in [-0.39, 0.29) is 10.6 Å². The summed E-state index contributed by atoms with van der Waals surface area (Å²) in [5, 5.41) is 11.6. The molecular weight excluding hydrogens is 370 g/mol. The number of aliphatic carboxylic acids is 1. The highest BCUT2D eigenvalue weighted by Gasteiger charge is 2.19. The Morgan fingerprint density at radius 3 is 2.30 bits per heavy atom. The standard InChI is InChI=1S/C19H17NO6S/c1-25-17-10-11-18(16-5-3-2-4-15(16)17)27(23,24)20-13-6-8-14(9-7-13)26-12-19(21)22/h2-11,20H,12H2,1H3,(H,21,22)/p-1. The molecule has 0 unspecified atom stereocenters. The summed E-state index contributed by atoms with van der Waals surface area (Å²) >= 11 is 0. The quantitative estimate of drug-likeness (QED) is 0.664. The van der Waals surface area contributed by atoms with E-state index in [0.29, 0.717) is 22.2 Å². The van der Waals surface area contributed by atoms with E-state index in [0.717, 1.165) is 0 Å². The highest BCUT2D eigenvalue weighted by atomic mass is 32.2. The van der Waals surface area contributed by atoms with E-state index in [9.17, 15) is 18.3 Å². The molecule has 0 aliphatic carbocycles. The monoisotopic (exact) mass is 386 g/mol. The predicted molar refractivity (Wildman–Crippen MR) is 98.3 cm³/mol. The van der Waals surface area contributed by atoms with Crippen LogP contribution in [0.15, 0.2) is 65.6 Å². The molecule has 3 aromatic rings. The number of methoxy groups -OCH3 is 1. The average molecular weight is 386 g/mol. The van der Waals surface area contributed by atoms with Crippen LogP contribution in [-0.2, 0) is 14.8 Å². The second-order valence-electron chi connectivity index (χ2n) is 5.60. The van der Waals surface area contributed by atoms with Crippen molar-refractivity contribution in [1.82, 2.24) is 0 Å². The number of fused-ring (bicyclic) bond motifs is 1. The highest BCUT2D eigenvalue weighted by Crippen LogP contribution is 2.31. The summed E-state index contributed by atoms with van der Waals surface area (Å²) in [5.74, 6) is -0.470. The number of carbonyl (C=O) groups is 1. The van der Waals surface area contributed by atoms with Crippen LogP contribution in [0.25, 0.3) is 10.8 Å². The summed E-state index contributed by atoms with van der Waals surface area (Å²) in [6, 6.07) is 16.0. The lowest BCUT2D eigenvalue weighted by molar-refractivity contribution is -0.307. The van der Waals surface area contributed by atoms with Crippen molar-refractivity contribution in [3.8, 4) is 11.5 Å². The van der Waals surface area contributed by atoms with Crippen molar-refractivity contribution in [3.63, 3.8) is 0 Å². The maximum Gasteiger partial charge on any atom is 0.262 e. The van der Waals surface area contributed by atoms with Gasteiger partial charge in [-0.05, 0) is 36.4 Å². The van der Waals surface area contributed by atoms with Crippen molar-refractivity contribution >= 4 is 32.5 Å². The number of rotatable bonds is 7. The maximum absolute atomic E-state index is 12.8. The summed E-state index contributed by atoms with van der Waals surface area (Å²) in [6.45, 7) is -0.580. The van der Waals surface area contributed by atoms with Gasteiger partial charge in [0, 0.05) is 16.5 Å². The number of benzene rings is 3. The lowest BCUT2D eigenvalue weighted by Crippen LogP contribution is -2.28. The molecule has 7 nitrogen and oxygen atoms in total. The zero-order valence-corrected chi connectivity index (χ0v) is 15.2. The summed E-state index contributed by atoms with van der Waals surface area (Å²) in [5.41, 5.74) is 0.315. The first-order valence-corrected chi connectivity index (χ1v) is 9.40. The topological polar surface area (TPSA) is 105 Å². The largest absolute Gasteiger partial charge is 0.546 e. The number of hydrogen-bond donors (Lipinski definition) is 1. The summed E-state index contributed by atoms with van der Waals surface area (Å²) in [4.78, 5) is 10.5. The van der Waals surface area contributed by atoms with Crippen LogP contribution in [0.5, 0.6) is 11.5 Å². The SMILES string of the molecule is COc1ccc(S(=O)(=O)Nc2ccc(OCC(=O)[O-])cc2)c2ccccc12. The molecule has 3 rings (SSSR count). The van der Waals surface area contributed by atoms with Gasteiger partial charge in [0.15, 0.2) is 0 Å². The maximum atomic E-state index is 12.8. The van der Waals surface area contributed by atoms with Gasteiger partial charge in [-0.1, -0.05) is 24.3 Å². The molecule has 0 fully saturated rings. The van der Waals surface area contributed by atoms with Gasteiger partial charge in [0.2, 0.25) is 0 Å². The minimum Gasteiger partial charge on any atom is -0.546 e. The van der Waals surface area contributed by atoms with Crippen molar-refractivity contribution in [3.05, 3.63) is 60.7 Å². The van der Waals surface area contributed by atoms with Crippen LogP contribution in [0.4, 0.5) is 5.69 Å². The number of nitrogens with one attached hydrogen (secondary N) is 1. The Morgan fingerprint density at radius 1 is 1.00 bits per heavy atom. The van der Waals surface area contributed by atoms with Crippen molar-refractivity contribution < 1.29 is 27.8 Å². The van der Waals surface area contributed by atoms with Gasteiger partial charge in [-0.2, -0.15) is 0 Å². The first-order chi connectivity index (χ1) is 12.9. The van der Waals surface area contributed by atoms with Crippen molar-refractivity contribution in [2.45, 2.75) is 4.90 Å². The molecular formula is C19H16NO6S-. The molecule has 8 heteroatoms. The molecule has 0 aliphatic heterocycles. The molecule has 0 saturated carbocycles. The molecule has 3 aromatic carbocycles. The molecule has 0 radical (unpaired) electrons. The highest BCUT2D eigenvalue weighted by molar-refractivity contribution is 7.93. The van der Waals surface area contributed by atoms with Crippen molar-refractivity contribution in [2.24, 2.45) is 0 Å². The molecule has 140 valence electrons. The van der Waals surface area contributed by atoms with Gasteiger partial charge in [0.1, 0.15) is 18.1 Å². The molecule has 0 amide bonds. The number of hydrogen-bond acceptors (Lipinski definition) is 6. The van der Waals surface area contributed by atoms with Gasteiger partial charge >= 0.3 is 0 Å². The van der Waals surface area contributed by atoms with Gasteiger partial charge in [-0.3, -0.25) is 4.72 Å². The van der Waals surface area contributed by atoms with E-state index in [1.54, 1.807) is 30.3 Å². The smallest absolute Gasteiger partial charge is 0.262 e. The van der Waals surface area contributed by atoms with Crippen LogP contribution in [0, 0.1) is 0 Å². The van der Waals surface area contributed by atoms with Gasteiger partial charge < -0.3 is 19.4 Å². The summed E-state index contributed by atoms with van der Waals surface area (Å²) < 4.78 is 38.5. The van der Waals surface area contributed by atoms with Crippen LogP contribution < -0.4 is 19.3 Å². The number of sulfonamides is 1. The Morgan fingerprint density at radius 2 is 1.67 bits per heavy atom. The third-order valence-electron chi connectivity index (χ3n) is 3.82. The number of carboxylic acids is 1. The van der Waals surface area contributed by atoms with E-state index >= 15 is 0 Å². The second kappa shape index (κ2) is 7.55. The average Bonchev–Trinajstić information content (AvgIpc) is 2.66. The van der Waals surface area contributed by atoms with Gasteiger partial charge in [-0.15, -0.1) is 0 Å². The van der Waals surface area contributed by atoms with Gasteiger partial charge in [0.25, 0.3) is 10.0 Å². The fraction of sp³-hybridized carbons (Fsp3) is 0.105. The molecule has 27 heavy (non-hydrogen) atoms. The van der Waals surface area contributed by atoms with E-state index in [1.165, 1.54) is 37.4 Å². The molecule has 0 aliphatic rings. The normalized spacial score (nSPS) is 11.1.